The zero-order valence-electron chi connectivity index (χ0n) is 7.73. The molecular weight excluding hydrogens is 261 g/mol. The summed E-state index contributed by atoms with van der Waals surface area (Å²) in [6.07, 6.45) is -0.861. The van der Waals surface area contributed by atoms with Crippen molar-refractivity contribution in [3.63, 3.8) is 0 Å². The zero-order valence-corrected chi connectivity index (χ0v) is 12.0. The van der Waals surface area contributed by atoms with Crippen molar-refractivity contribution in [2.75, 3.05) is 0 Å². The Morgan fingerprint density at radius 2 is 1.77 bits per heavy atom. The van der Waals surface area contributed by atoms with Crippen molar-refractivity contribution in [3.05, 3.63) is 24.1 Å². The Kier molecular flexibility index (Phi) is 5.29. The number of allylic oxidation sites excluding steroid dienone is 1. The van der Waals surface area contributed by atoms with Gasteiger partial charge in [-0.25, -0.2) is 0 Å². The monoisotopic (exact) mass is 273 g/mol. The average Bonchev–Trinajstić information content (AvgIpc) is 1.98. The van der Waals surface area contributed by atoms with Gasteiger partial charge >= 0.3 is 6.37 Å². The summed E-state index contributed by atoms with van der Waals surface area (Å²) in [5.74, 6) is 0.412. The lowest BCUT2D eigenvalue weighted by molar-refractivity contribution is 0.833. The van der Waals surface area contributed by atoms with Gasteiger partial charge in [-0.3, -0.25) is 0 Å². The van der Waals surface area contributed by atoms with Gasteiger partial charge in [0.05, 0.1) is 0 Å². The molecule has 0 aromatic rings. The Morgan fingerprint density at radius 1 is 1.31 bits per heavy atom. The van der Waals surface area contributed by atoms with E-state index in [4.69, 9.17) is 38.6 Å². The first-order valence-corrected chi connectivity index (χ1v) is 12.2. The second-order valence-electron chi connectivity index (χ2n) is 3.20. The molecule has 0 amide bonds. The van der Waals surface area contributed by atoms with Crippen LogP contribution in [-0.2, 0) is 0 Å². The first-order valence-electron chi connectivity index (χ1n) is 3.91. The second-order valence-corrected chi connectivity index (χ2v) is 20.5. The fraction of sp³-hybridized carbons (Fsp3) is 0.429. The molecular formula is C7H14Cl3NSi2. The quantitative estimate of drug-likeness (QED) is 0.619. The molecule has 0 heterocycles. The van der Waals surface area contributed by atoms with Crippen LogP contribution in [0.15, 0.2) is 24.1 Å². The SMILES string of the molecule is C=C[Si](Cl)(C=CC(C)C)[Si](N)(Cl)Cl. The lowest BCUT2D eigenvalue weighted by atomic mass is 10.2. The van der Waals surface area contributed by atoms with Crippen molar-refractivity contribution in [2.45, 2.75) is 13.8 Å². The third-order valence-electron chi connectivity index (χ3n) is 1.53. The van der Waals surface area contributed by atoms with Gasteiger partial charge in [-0.1, -0.05) is 31.3 Å². The first-order chi connectivity index (χ1) is 5.73. The topological polar surface area (TPSA) is 26.0 Å². The molecule has 0 rings (SSSR count). The number of hydrogen-bond donors (Lipinski definition) is 1. The fourth-order valence-corrected chi connectivity index (χ4v) is 6.46. The normalized spacial score (nSPS) is 17.8. The highest BCUT2D eigenvalue weighted by molar-refractivity contribution is 7.84. The largest absolute Gasteiger partial charge is 0.329 e. The molecule has 0 fully saturated rings. The number of nitrogens with two attached hydrogens (primary N) is 1. The highest BCUT2D eigenvalue weighted by atomic mass is 35.7. The van der Waals surface area contributed by atoms with Gasteiger partial charge < -0.3 is 5.40 Å². The predicted molar refractivity (Wildman–Crippen MR) is 67.4 cm³/mol. The number of hydrogen-bond acceptors (Lipinski definition) is 1. The zero-order chi connectivity index (χ0) is 10.7. The van der Waals surface area contributed by atoms with Crippen LogP contribution in [0.4, 0.5) is 0 Å². The van der Waals surface area contributed by atoms with E-state index in [0.717, 1.165) is 0 Å². The minimum atomic E-state index is -2.83. The average molecular weight is 275 g/mol. The molecule has 6 heteroatoms. The Bertz CT molecular complexity index is 212. The van der Waals surface area contributed by atoms with Crippen molar-refractivity contribution in [3.8, 4) is 0 Å². The molecule has 0 radical (unpaired) electrons. The molecule has 1 atom stereocenters. The Hall–Kier alpha value is 0.744. The molecule has 0 aliphatic rings. The summed E-state index contributed by atoms with van der Waals surface area (Å²) in [6, 6.07) is 0. The van der Waals surface area contributed by atoms with E-state index < -0.39 is 13.3 Å². The van der Waals surface area contributed by atoms with E-state index in [1.165, 1.54) is 0 Å². The summed E-state index contributed by atoms with van der Waals surface area (Å²) in [4.78, 5) is 0. The van der Waals surface area contributed by atoms with Crippen LogP contribution in [0.5, 0.6) is 0 Å². The van der Waals surface area contributed by atoms with Crippen LogP contribution in [0.3, 0.4) is 0 Å². The molecule has 0 aromatic carbocycles. The maximum Gasteiger partial charge on any atom is 0.329 e. The van der Waals surface area contributed by atoms with Crippen molar-refractivity contribution in [2.24, 2.45) is 11.3 Å². The second kappa shape index (κ2) is 5.00. The van der Waals surface area contributed by atoms with E-state index in [1.54, 1.807) is 5.70 Å². The van der Waals surface area contributed by atoms with E-state index in [9.17, 15) is 0 Å². The van der Waals surface area contributed by atoms with E-state index >= 15 is 0 Å². The van der Waals surface area contributed by atoms with Crippen molar-refractivity contribution in [1.82, 2.24) is 0 Å². The van der Waals surface area contributed by atoms with Crippen molar-refractivity contribution in [1.29, 1.82) is 0 Å². The van der Waals surface area contributed by atoms with Crippen LogP contribution in [0, 0.1) is 5.92 Å². The molecule has 13 heavy (non-hydrogen) atoms. The Labute approximate surface area is 95.5 Å². The van der Waals surface area contributed by atoms with E-state index in [-0.39, 0.29) is 0 Å². The van der Waals surface area contributed by atoms with Crippen LogP contribution >= 0.6 is 33.2 Å². The maximum atomic E-state index is 6.25. The lowest BCUT2D eigenvalue weighted by Gasteiger charge is -2.23. The van der Waals surface area contributed by atoms with Crippen LogP contribution < -0.4 is 5.40 Å². The van der Waals surface area contributed by atoms with Crippen molar-refractivity contribution >= 4 is 46.5 Å². The summed E-state index contributed by atoms with van der Waals surface area (Å²) in [6.45, 7) is 5.26. The van der Waals surface area contributed by atoms with E-state index in [1.807, 2.05) is 25.6 Å². The molecule has 0 saturated heterocycles. The van der Waals surface area contributed by atoms with E-state index in [2.05, 4.69) is 6.58 Å². The molecule has 1 unspecified atom stereocenters. The molecule has 76 valence electrons. The number of rotatable bonds is 4. The summed E-state index contributed by atoms with van der Waals surface area (Å²) in [5, 5.41) is 5.69. The standard InChI is InChI=1S/C7H14Cl3NSi2/c1-4-12(8,13(9,10)11)6-5-7(2)3/h4-7H,1,11H2,2-3H3. The van der Waals surface area contributed by atoms with E-state index in [0.29, 0.717) is 5.92 Å². The summed E-state index contributed by atoms with van der Waals surface area (Å²) >= 11 is 18.1. The van der Waals surface area contributed by atoms with Crippen molar-refractivity contribution < 1.29 is 0 Å². The Morgan fingerprint density at radius 3 is 2.00 bits per heavy atom. The van der Waals surface area contributed by atoms with Gasteiger partial charge in [-0.2, -0.15) is 11.1 Å². The molecule has 0 aliphatic carbocycles. The van der Waals surface area contributed by atoms with Gasteiger partial charge in [0.2, 0.25) is 6.90 Å². The van der Waals surface area contributed by atoms with Gasteiger partial charge in [-0.15, -0.1) is 28.7 Å². The van der Waals surface area contributed by atoms with Crippen LogP contribution in [0.1, 0.15) is 13.8 Å². The highest BCUT2D eigenvalue weighted by Gasteiger charge is 2.47. The third-order valence-corrected chi connectivity index (χ3v) is 18.9. The van der Waals surface area contributed by atoms with Gasteiger partial charge in [0.25, 0.3) is 0 Å². The minimum absolute atomic E-state index is 0.412. The summed E-state index contributed by atoms with van der Waals surface area (Å²) in [5.41, 5.74) is 3.48. The lowest BCUT2D eigenvalue weighted by Crippen LogP contribution is -2.56. The van der Waals surface area contributed by atoms with Gasteiger partial charge in [0.1, 0.15) is 0 Å². The van der Waals surface area contributed by atoms with Gasteiger partial charge in [-0.05, 0) is 5.92 Å². The third kappa shape index (κ3) is 4.19. The molecule has 0 aromatic heterocycles. The van der Waals surface area contributed by atoms with Crippen LogP contribution in [-0.4, -0.2) is 13.3 Å². The number of halogens is 3. The molecule has 0 saturated carbocycles. The molecule has 2 N–H and O–H groups in total. The molecule has 0 aliphatic heterocycles. The maximum absolute atomic E-state index is 6.25. The summed E-state index contributed by atoms with van der Waals surface area (Å²) < 4.78 is 0. The van der Waals surface area contributed by atoms with Crippen LogP contribution in [0.25, 0.3) is 0 Å². The minimum Gasteiger partial charge on any atom is -0.328 e. The van der Waals surface area contributed by atoms with Gasteiger partial charge in [0.15, 0.2) is 0 Å². The molecule has 0 spiro atoms. The molecule has 0 bridgehead atoms. The van der Waals surface area contributed by atoms with Crippen LogP contribution in [0.2, 0.25) is 0 Å². The molecule has 1 nitrogen and oxygen atoms in total. The highest BCUT2D eigenvalue weighted by Crippen LogP contribution is 2.28. The Balaban J connectivity index is 4.76. The smallest absolute Gasteiger partial charge is 0.328 e. The fourth-order valence-electron chi connectivity index (χ4n) is 0.648. The first kappa shape index (κ1) is 13.7. The summed E-state index contributed by atoms with van der Waals surface area (Å²) in [7, 11) is 0. The predicted octanol–water partition coefficient (Wildman–Crippen LogP) is 3.10. The van der Waals surface area contributed by atoms with Gasteiger partial charge in [0, 0.05) is 0 Å².